The summed E-state index contributed by atoms with van der Waals surface area (Å²) in [5.41, 5.74) is 2.16. The van der Waals surface area contributed by atoms with E-state index in [2.05, 4.69) is 10.3 Å². The number of anilines is 1. The lowest BCUT2D eigenvalue weighted by Crippen LogP contribution is -2.10. The number of hydrogen-bond donors (Lipinski definition) is 1. The number of nitrogens with zero attached hydrogens (tertiary/aromatic N) is 1. The van der Waals surface area contributed by atoms with Crippen LogP contribution < -0.4 is 5.32 Å². The molecule has 2 aromatic heterocycles. The first kappa shape index (κ1) is 16.4. The normalized spacial score (nSPS) is 10.8. The minimum Gasteiger partial charge on any atom is -0.456 e. The number of aryl methyl sites for hydroxylation is 1. The van der Waals surface area contributed by atoms with Gasteiger partial charge in [0.25, 0.3) is 5.91 Å². The molecule has 0 radical (unpaired) electrons. The molecule has 0 bridgehead atoms. The van der Waals surface area contributed by atoms with Crippen molar-refractivity contribution in [2.75, 3.05) is 5.32 Å². The third-order valence-corrected chi connectivity index (χ3v) is 4.45. The van der Waals surface area contributed by atoms with Gasteiger partial charge in [0.2, 0.25) is 0 Å². The fourth-order valence-corrected chi connectivity index (χ4v) is 3.08. The Balaban J connectivity index is 1.73. The highest BCUT2D eigenvalue weighted by Gasteiger charge is 2.13. The number of rotatable bonds is 3. The fraction of sp³-hybridized carbons (Fsp3) is 0.0476. The van der Waals surface area contributed by atoms with Crippen LogP contribution in [0.4, 0.5) is 5.69 Å². The topological polar surface area (TPSA) is 55.1 Å². The molecule has 26 heavy (non-hydrogen) atoms. The van der Waals surface area contributed by atoms with Gasteiger partial charge < -0.3 is 9.73 Å². The molecule has 4 nitrogen and oxygen atoms in total. The Morgan fingerprint density at radius 3 is 2.73 bits per heavy atom. The first-order chi connectivity index (χ1) is 12.6. The molecule has 2 heterocycles. The molecule has 2 aromatic carbocycles. The van der Waals surface area contributed by atoms with E-state index in [1.165, 1.54) is 0 Å². The van der Waals surface area contributed by atoms with Crippen LogP contribution in [0, 0.1) is 6.92 Å². The van der Waals surface area contributed by atoms with Gasteiger partial charge in [0, 0.05) is 22.8 Å². The maximum Gasteiger partial charge on any atom is 0.291 e. The predicted molar refractivity (Wildman–Crippen MR) is 104 cm³/mol. The van der Waals surface area contributed by atoms with Crippen LogP contribution in [0.2, 0.25) is 5.02 Å². The van der Waals surface area contributed by atoms with Crippen LogP contribution >= 0.6 is 11.6 Å². The van der Waals surface area contributed by atoms with Crippen LogP contribution in [0.5, 0.6) is 0 Å². The van der Waals surface area contributed by atoms with Crippen molar-refractivity contribution < 1.29 is 9.21 Å². The molecule has 0 fully saturated rings. The van der Waals surface area contributed by atoms with Gasteiger partial charge in [-0.2, -0.15) is 0 Å². The minimum atomic E-state index is -0.308. The Morgan fingerprint density at radius 2 is 1.92 bits per heavy atom. The second kappa shape index (κ2) is 6.65. The summed E-state index contributed by atoms with van der Waals surface area (Å²) in [5.74, 6) is 0.645. The summed E-state index contributed by atoms with van der Waals surface area (Å²) in [6.45, 7) is 1.79. The predicted octanol–water partition coefficient (Wildman–Crippen LogP) is 5.71. The smallest absolute Gasteiger partial charge is 0.291 e. The maximum atomic E-state index is 12.3. The third-order valence-electron chi connectivity index (χ3n) is 4.12. The van der Waals surface area contributed by atoms with Gasteiger partial charge in [0.15, 0.2) is 5.76 Å². The Kier molecular flexibility index (Phi) is 4.19. The highest BCUT2D eigenvalue weighted by Crippen LogP contribution is 2.33. The van der Waals surface area contributed by atoms with Crippen molar-refractivity contribution in [2.45, 2.75) is 6.92 Å². The Bertz CT molecular complexity index is 1110. The van der Waals surface area contributed by atoms with Crippen molar-refractivity contribution in [1.29, 1.82) is 0 Å². The summed E-state index contributed by atoms with van der Waals surface area (Å²) in [5, 5.41) is 5.49. The minimum absolute atomic E-state index is 0.266. The van der Waals surface area contributed by atoms with Crippen molar-refractivity contribution in [3.63, 3.8) is 0 Å². The number of nitrogens with one attached hydrogen (secondary N) is 1. The Morgan fingerprint density at radius 1 is 1.08 bits per heavy atom. The second-order valence-electron chi connectivity index (χ2n) is 5.94. The van der Waals surface area contributed by atoms with Crippen LogP contribution in [0.1, 0.15) is 16.3 Å². The van der Waals surface area contributed by atoms with Gasteiger partial charge >= 0.3 is 0 Å². The molecule has 0 saturated carbocycles. The maximum absolute atomic E-state index is 12.3. The molecule has 0 saturated heterocycles. The molecule has 1 N–H and O–H groups in total. The average Bonchev–Trinajstić information content (AvgIpc) is 3.09. The lowest BCUT2D eigenvalue weighted by Gasteiger charge is -2.10. The number of halogens is 1. The molecular weight excluding hydrogens is 348 g/mol. The SMILES string of the molecule is Cc1ccc(C(=O)Nc2ccc(Cl)c(-c3nccc4ccccc34)c2)o1. The van der Waals surface area contributed by atoms with Gasteiger partial charge in [0.1, 0.15) is 5.76 Å². The van der Waals surface area contributed by atoms with Gasteiger partial charge in [-0.15, -0.1) is 0 Å². The molecule has 0 atom stereocenters. The van der Waals surface area contributed by atoms with Crippen LogP contribution in [0.15, 0.2) is 71.3 Å². The number of hydrogen-bond acceptors (Lipinski definition) is 3. The summed E-state index contributed by atoms with van der Waals surface area (Å²) in [6, 6.07) is 18.7. The highest BCUT2D eigenvalue weighted by atomic mass is 35.5. The molecule has 4 aromatic rings. The largest absolute Gasteiger partial charge is 0.456 e. The first-order valence-corrected chi connectivity index (χ1v) is 8.51. The summed E-state index contributed by atoms with van der Waals surface area (Å²) in [7, 11) is 0. The van der Waals surface area contributed by atoms with E-state index in [1.807, 2.05) is 36.4 Å². The van der Waals surface area contributed by atoms with E-state index in [9.17, 15) is 4.79 Å². The fourth-order valence-electron chi connectivity index (χ4n) is 2.87. The Hall–Kier alpha value is -3.11. The lowest BCUT2D eigenvalue weighted by molar-refractivity contribution is 0.0995. The number of benzene rings is 2. The quantitative estimate of drug-likeness (QED) is 0.508. The number of amides is 1. The number of carbonyl (C=O) groups excluding carboxylic acids is 1. The van der Waals surface area contributed by atoms with Crippen molar-refractivity contribution >= 4 is 34.0 Å². The standard InChI is InChI=1S/C21H15ClN2O2/c1-13-6-9-19(26-13)21(25)24-15-7-8-18(22)17(12-15)20-16-5-3-2-4-14(16)10-11-23-20/h2-12H,1H3,(H,24,25). The highest BCUT2D eigenvalue weighted by molar-refractivity contribution is 6.33. The van der Waals surface area contributed by atoms with E-state index in [1.54, 1.807) is 37.4 Å². The van der Waals surface area contributed by atoms with Crippen LogP contribution in [0.25, 0.3) is 22.0 Å². The van der Waals surface area contributed by atoms with Crippen molar-refractivity contribution in [3.05, 3.63) is 83.4 Å². The molecule has 0 aliphatic heterocycles. The molecule has 0 aliphatic carbocycles. The van der Waals surface area contributed by atoms with Gasteiger partial charge in [-0.25, -0.2) is 0 Å². The third kappa shape index (κ3) is 3.07. The first-order valence-electron chi connectivity index (χ1n) is 8.13. The number of fused-ring (bicyclic) bond motifs is 1. The molecule has 0 spiro atoms. The van der Waals surface area contributed by atoms with E-state index in [-0.39, 0.29) is 11.7 Å². The van der Waals surface area contributed by atoms with Crippen LogP contribution in [-0.4, -0.2) is 10.9 Å². The monoisotopic (exact) mass is 362 g/mol. The number of pyridine rings is 1. The summed E-state index contributed by atoms with van der Waals surface area (Å²) >= 11 is 6.42. The summed E-state index contributed by atoms with van der Waals surface area (Å²) < 4.78 is 5.36. The lowest BCUT2D eigenvalue weighted by atomic mass is 10.0. The van der Waals surface area contributed by atoms with E-state index in [0.717, 1.165) is 22.0 Å². The van der Waals surface area contributed by atoms with Gasteiger partial charge in [-0.1, -0.05) is 35.9 Å². The van der Waals surface area contributed by atoms with Gasteiger partial charge in [0.05, 0.1) is 10.7 Å². The zero-order chi connectivity index (χ0) is 18.1. The zero-order valence-corrected chi connectivity index (χ0v) is 14.7. The van der Waals surface area contributed by atoms with E-state index < -0.39 is 0 Å². The van der Waals surface area contributed by atoms with Gasteiger partial charge in [-0.3, -0.25) is 9.78 Å². The summed E-state index contributed by atoms with van der Waals surface area (Å²) in [4.78, 5) is 16.8. The van der Waals surface area contributed by atoms with Crippen molar-refractivity contribution in [3.8, 4) is 11.3 Å². The molecule has 0 unspecified atom stereocenters. The molecule has 1 amide bonds. The van der Waals surface area contributed by atoms with Crippen molar-refractivity contribution in [1.82, 2.24) is 4.98 Å². The molecule has 128 valence electrons. The van der Waals surface area contributed by atoms with Crippen molar-refractivity contribution in [2.24, 2.45) is 0 Å². The van der Waals surface area contributed by atoms with E-state index in [0.29, 0.717) is 16.5 Å². The molecule has 0 aliphatic rings. The summed E-state index contributed by atoms with van der Waals surface area (Å²) in [6.07, 6.45) is 1.75. The van der Waals surface area contributed by atoms with Crippen LogP contribution in [-0.2, 0) is 0 Å². The molecule has 4 rings (SSSR count). The number of carbonyl (C=O) groups is 1. The molecular formula is C21H15ClN2O2. The van der Waals surface area contributed by atoms with Gasteiger partial charge in [-0.05, 0) is 48.7 Å². The number of furan rings is 1. The average molecular weight is 363 g/mol. The zero-order valence-electron chi connectivity index (χ0n) is 14.0. The molecule has 5 heteroatoms. The van der Waals surface area contributed by atoms with E-state index in [4.69, 9.17) is 16.0 Å². The second-order valence-corrected chi connectivity index (χ2v) is 6.35. The van der Waals surface area contributed by atoms with Crippen LogP contribution in [0.3, 0.4) is 0 Å². The van der Waals surface area contributed by atoms with E-state index >= 15 is 0 Å². The Labute approximate surface area is 155 Å². The number of aromatic nitrogens is 1.